The quantitative estimate of drug-likeness (QED) is 0.654. The second kappa shape index (κ2) is 9.74. The van der Waals surface area contributed by atoms with Crippen LogP contribution in [0.5, 0.6) is 0 Å². The zero-order valence-corrected chi connectivity index (χ0v) is 17.9. The van der Waals surface area contributed by atoms with E-state index in [1.807, 2.05) is 0 Å². The number of carbonyl (C=O) groups excluding carboxylic acids is 3. The summed E-state index contributed by atoms with van der Waals surface area (Å²) in [6.07, 6.45) is 8.00. The summed E-state index contributed by atoms with van der Waals surface area (Å²) in [4.78, 5) is 38.0. The van der Waals surface area contributed by atoms with E-state index in [2.05, 4.69) is 10.6 Å². The molecular weight excluding hydrogens is 410 g/mol. The third kappa shape index (κ3) is 5.91. The van der Waals surface area contributed by atoms with Gasteiger partial charge in [-0.2, -0.15) is 4.31 Å². The van der Waals surface area contributed by atoms with Crippen molar-refractivity contribution in [2.45, 2.75) is 57.0 Å². The molecule has 9 nitrogen and oxygen atoms in total. The molecule has 3 rings (SSSR count). The fraction of sp³-hybridized carbons (Fsp3) is 0.650. The number of rotatable bonds is 7. The average molecular weight is 440 g/mol. The van der Waals surface area contributed by atoms with E-state index in [4.69, 9.17) is 4.42 Å². The van der Waals surface area contributed by atoms with Gasteiger partial charge in [-0.15, -0.1) is 0 Å². The van der Waals surface area contributed by atoms with Gasteiger partial charge in [-0.3, -0.25) is 14.4 Å². The van der Waals surface area contributed by atoms with Crippen molar-refractivity contribution in [3.05, 3.63) is 24.2 Å². The zero-order chi connectivity index (χ0) is 21.7. The molecule has 2 amide bonds. The molecule has 10 heteroatoms. The Morgan fingerprint density at radius 2 is 1.97 bits per heavy atom. The summed E-state index contributed by atoms with van der Waals surface area (Å²) in [6, 6.07) is 1.57. The highest BCUT2D eigenvalue weighted by Gasteiger charge is 2.33. The Morgan fingerprint density at radius 3 is 2.60 bits per heavy atom. The number of amides is 2. The van der Waals surface area contributed by atoms with Crippen molar-refractivity contribution in [3.63, 3.8) is 0 Å². The molecule has 1 aromatic heterocycles. The number of carbonyl (C=O) groups is 3. The minimum Gasteiger partial charge on any atom is -0.459 e. The molecule has 1 aliphatic heterocycles. The highest BCUT2D eigenvalue weighted by molar-refractivity contribution is 7.88. The van der Waals surface area contributed by atoms with Crippen LogP contribution in [0.15, 0.2) is 22.8 Å². The van der Waals surface area contributed by atoms with Crippen molar-refractivity contribution >= 4 is 27.6 Å². The van der Waals surface area contributed by atoms with Gasteiger partial charge in [0, 0.05) is 6.54 Å². The van der Waals surface area contributed by atoms with E-state index in [0.29, 0.717) is 25.2 Å². The molecule has 1 saturated carbocycles. The van der Waals surface area contributed by atoms with Gasteiger partial charge in [0.05, 0.1) is 25.1 Å². The zero-order valence-electron chi connectivity index (χ0n) is 17.1. The van der Waals surface area contributed by atoms with Crippen molar-refractivity contribution in [2.24, 2.45) is 5.92 Å². The van der Waals surface area contributed by atoms with Gasteiger partial charge in [-0.05, 0) is 37.3 Å². The van der Waals surface area contributed by atoms with Gasteiger partial charge in [0.25, 0.3) is 5.91 Å². The first-order chi connectivity index (χ1) is 14.2. The smallest absolute Gasteiger partial charge is 0.287 e. The normalized spacial score (nSPS) is 22.4. The summed E-state index contributed by atoms with van der Waals surface area (Å²) >= 11 is 0. The summed E-state index contributed by atoms with van der Waals surface area (Å²) in [7, 11) is -3.47. The third-order valence-corrected chi connectivity index (χ3v) is 7.07. The summed E-state index contributed by atoms with van der Waals surface area (Å²) in [5.74, 6) is -0.790. The topological polar surface area (TPSA) is 126 Å². The molecule has 166 valence electrons. The van der Waals surface area contributed by atoms with Crippen LogP contribution >= 0.6 is 0 Å². The first-order valence-corrected chi connectivity index (χ1v) is 12.2. The van der Waals surface area contributed by atoms with Crippen LogP contribution in [-0.4, -0.2) is 61.7 Å². The largest absolute Gasteiger partial charge is 0.459 e. The van der Waals surface area contributed by atoms with Crippen LogP contribution in [0.3, 0.4) is 0 Å². The lowest BCUT2D eigenvalue weighted by molar-refractivity contribution is -0.129. The molecule has 1 aromatic rings. The molecule has 1 unspecified atom stereocenters. The highest BCUT2D eigenvalue weighted by atomic mass is 32.2. The molecule has 1 aliphatic carbocycles. The third-order valence-electron chi connectivity index (χ3n) is 5.82. The van der Waals surface area contributed by atoms with E-state index in [0.717, 1.165) is 36.2 Å². The molecular formula is C20H29N3O6S. The van der Waals surface area contributed by atoms with E-state index < -0.39 is 33.9 Å². The lowest BCUT2D eigenvalue weighted by atomic mass is 9.97. The van der Waals surface area contributed by atoms with Gasteiger partial charge >= 0.3 is 0 Å². The SMILES string of the molecule is CS(=O)(=O)N1CCC[C@H](NC(=O)C(CC2CCCC2)NC(=O)c2ccco2)C(=O)C1. The highest BCUT2D eigenvalue weighted by Crippen LogP contribution is 2.29. The Labute approximate surface area is 176 Å². The minimum absolute atomic E-state index is 0.119. The van der Waals surface area contributed by atoms with Crippen molar-refractivity contribution in [1.82, 2.24) is 14.9 Å². The van der Waals surface area contributed by atoms with Gasteiger partial charge in [0.15, 0.2) is 11.5 Å². The van der Waals surface area contributed by atoms with Gasteiger partial charge in [0.2, 0.25) is 15.9 Å². The fourth-order valence-electron chi connectivity index (χ4n) is 4.15. The Kier molecular flexibility index (Phi) is 7.30. The second-order valence-corrected chi connectivity index (χ2v) is 10.1. The number of sulfonamides is 1. The summed E-state index contributed by atoms with van der Waals surface area (Å²) in [5, 5.41) is 5.49. The monoisotopic (exact) mass is 439 g/mol. The number of nitrogens with zero attached hydrogens (tertiary/aromatic N) is 1. The Morgan fingerprint density at radius 1 is 1.23 bits per heavy atom. The first kappa shape index (κ1) is 22.5. The number of ketones is 1. The van der Waals surface area contributed by atoms with Gasteiger partial charge in [-0.1, -0.05) is 25.7 Å². The Hall–Kier alpha value is -2.20. The van der Waals surface area contributed by atoms with E-state index in [1.165, 1.54) is 12.3 Å². The molecule has 0 spiro atoms. The molecule has 30 heavy (non-hydrogen) atoms. The number of hydrogen-bond donors (Lipinski definition) is 2. The van der Waals surface area contributed by atoms with E-state index in [1.54, 1.807) is 6.07 Å². The Balaban J connectivity index is 1.67. The maximum Gasteiger partial charge on any atom is 0.287 e. The first-order valence-electron chi connectivity index (χ1n) is 10.4. The van der Waals surface area contributed by atoms with Crippen LogP contribution in [0, 0.1) is 5.92 Å². The molecule has 2 fully saturated rings. The van der Waals surface area contributed by atoms with Crippen LogP contribution in [0.4, 0.5) is 0 Å². The van der Waals surface area contributed by atoms with Gasteiger partial charge < -0.3 is 15.1 Å². The fourth-order valence-corrected chi connectivity index (χ4v) is 4.97. The van der Waals surface area contributed by atoms with E-state index in [9.17, 15) is 22.8 Å². The van der Waals surface area contributed by atoms with Crippen molar-refractivity contribution in [2.75, 3.05) is 19.3 Å². The maximum atomic E-state index is 13.0. The van der Waals surface area contributed by atoms with E-state index in [-0.39, 0.29) is 24.6 Å². The molecule has 2 N–H and O–H groups in total. The number of Topliss-reactive ketones (excluding diaryl/α,β-unsaturated/α-hetero) is 1. The number of hydrogen-bond acceptors (Lipinski definition) is 6. The molecule has 2 atom stereocenters. The predicted octanol–water partition coefficient (Wildman–Crippen LogP) is 1.07. The molecule has 0 aromatic carbocycles. The minimum atomic E-state index is -3.47. The molecule has 1 saturated heterocycles. The molecule has 2 aliphatic rings. The van der Waals surface area contributed by atoms with Crippen LogP contribution in [0.2, 0.25) is 0 Å². The van der Waals surface area contributed by atoms with Crippen LogP contribution < -0.4 is 10.6 Å². The van der Waals surface area contributed by atoms with Crippen molar-refractivity contribution in [1.29, 1.82) is 0 Å². The van der Waals surface area contributed by atoms with Crippen LogP contribution in [0.25, 0.3) is 0 Å². The van der Waals surface area contributed by atoms with E-state index >= 15 is 0 Å². The predicted molar refractivity (Wildman–Crippen MR) is 109 cm³/mol. The van der Waals surface area contributed by atoms with Gasteiger partial charge in [0.1, 0.15) is 6.04 Å². The summed E-state index contributed by atoms with van der Waals surface area (Å²) < 4.78 is 29.8. The molecule has 2 heterocycles. The van der Waals surface area contributed by atoms with Gasteiger partial charge in [-0.25, -0.2) is 8.42 Å². The average Bonchev–Trinajstić information content (AvgIpc) is 3.35. The lowest BCUT2D eigenvalue weighted by Crippen LogP contribution is -2.52. The summed E-state index contributed by atoms with van der Waals surface area (Å²) in [5.41, 5.74) is 0. The molecule has 0 bridgehead atoms. The van der Waals surface area contributed by atoms with Crippen LogP contribution in [0.1, 0.15) is 55.5 Å². The maximum absolute atomic E-state index is 13.0. The Bertz CT molecular complexity index is 861. The standard InChI is InChI=1S/C20H29N3O6S/c1-30(27,28)23-10-4-8-15(17(24)13-23)21-19(25)16(12-14-6-2-3-7-14)22-20(26)18-9-5-11-29-18/h5,9,11,14-16H,2-4,6-8,10,12-13H2,1H3,(H,21,25)(H,22,26)/t15-,16?/m0/s1. The molecule has 0 radical (unpaired) electrons. The van der Waals surface area contributed by atoms with Crippen molar-refractivity contribution < 1.29 is 27.2 Å². The van der Waals surface area contributed by atoms with Crippen molar-refractivity contribution in [3.8, 4) is 0 Å². The number of nitrogens with one attached hydrogen (secondary N) is 2. The summed E-state index contributed by atoms with van der Waals surface area (Å²) in [6.45, 7) is -0.00645. The van der Waals surface area contributed by atoms with Crippen LogP contribution in [-0.2, 0) is 19.6 Å². The number of furan rings is 1. The second-order valence-electron chi connectivity index (χ2n) is 8.16. The lowest BCUT2D eigenvalue weighted by Gasteiger charge is -2.24.